The molecule has 1 saturated heterocycles. The number of benzene rings is 1. The minimum absolute atomic E-state index is 0.617. The molecular weight excluding hydrogens is 240 g/mol. The number of rotatable bonds is 0. The number of fused-ring (bicyclic) bond motifs is 3. The van der Waals surface area contributed by atoms with Crippen LogP contribution < -0.4 is 5.32 Å². The molecule has 0 spiro atoms. The molecule has 2 aliphatic heterocycles. The van der Waals surface area contributed by atoms with E-state index in [-0.39, 0.29) is 0 Å². The fourth-order valence-electron chi connectivity index (χ4n) is 2.50. The van der Waals surface area contributed by atoms with Crippen molar-refractivity contribution < 1.29 is 0 Å². The van der Waals surface area contributed by atoms with E-state index in [1.54, 1.807) is 0 Å². The molecule has 2 heterocycles. The van der Waals surface area contributed by atoms with E-state index in [9.17, 15) is 0 Å². The van der Waals surface area contributed by atoms with Crippen LogP contribution >= 0.6 is 15.9 Å². The molecular formula is C11H13BrN2. The van der Waals surface area contributed by atoms with E-state index < -0.39 is 0 Å². The van der Waals surface area contributed by atoms with Crippen LogP contribution in [0.1, 0.15) is 17.2 Å². The first-order valence-corrected chi connectivity index (χ1v) is 5.87. The van der Waals surface area contributed by atoms with Gasteiger partial charge in [-0.2, -0.15) is 0 Å². The number of nitrogens with one attached hydrogen (secondary N) is 1. The average molecular weight is 253 g/mol. The van der Waals surface area contributed by atoms with Crippen LogP contribution in [0.4, 0.5) is 0 Å². The van der Waals surface area contributed by atoms with E-state index in [1.807, 2.05) is 0 Å². The Morgan fingerprint density at radius 2 is 2.36 bits per heavy atom. The summed E-state index contributed by atoms with van der Waals surface area (Å²) in [6, 6.07) is 7.29. The van der Waals surface area contributed by atoms with Crippen LogP contribution in [0.5, 0.6) is 0 Å². The van der Waals surface area contributed by atoms with Gasteiger partial charge in [0.1, 0.15) is 0 Å². The Kier molecular flexibility index (Phi) is 2.11. The van der Waals surface area contributed by atoms with Crippen molar-refractivity contribution in [2.75, 3.05) is 19.6 Å². The Morgan fingerprint density at radius 1 is 1.43 bits per heavy atom. The van der Waals surface area contributed by atoms with E-state index in [4.69, 9.17) is 0 Å². The molecule has 14 heavy (non-hydrogen) atoms. The number of halogens is 1. The average Bonchev–Trinajstić information content (AvgIpc) is 2.54. The summed E-state index contributed by atoms with van der Waals surface area (Å²) in [4.78, 5) is 2.56. The van der Waals surface area contributed by atoms with Gasteiger partial charge in [-0.15, -0.1) is 0 Å². The highest BCUT2D eigenvalue weighted by atomic mass is 79.9. The fourth-order valence-corrected chi connectivity index (χ4v) is 2.91. The minimum Gasteiger partial charge on any atom is -0.314 e. The topological polar surface area (TPSA) is 15.3 Å². The second-order valence-electron chi connectivity index (χ2n) is 4.03. The standard InChI is InChI=1S/C11H13BrN2/c12-9-1-2-10-8(5-9)7-14-4-3-13-6-11(10)14/h1-2,5,11,13H,3-4,6-7H2. The predicted molar refractivity (Wildman–Crippen MR) is 60.2 cm³/mol. The zero-order chi connectivity index (χ0) is 9.54. The lowest BCUT2D eigenvalue weighted by molar-refractivity contribution is 0.178. The molecule has 3 heteroatoms. The van der Waals surface area contributed by atoms with E-state index in [0.717, 1.165) is 19.6 Å². The van der Waals surface area contributed by atoms with Crippen molar-refractivity contribution in [3.63, 3.8) is 0 Å². The zero-order valence-corrected chi connectivity index (χ0v) is 9.55. The largest absolute Gasteiger partial charge is 0.314 e. The van der Waals surface area contributed by atoms with Gasteiger partial charge in [-0.05, 0) is 23.3 Å². The summed E-state index contributed by atoms with van der Waals surface area (Å²) < 4.78 is 1.20. The van der Waals surface area contributed by atoms with Crippen molar-refractivity contribution in [2.24, 2.45) is 0 Å². The molecule has 0 amide bonds. The highest BCUT2D eigenvalue weighted by molar-refractivity contribution is 9.10. The number of piperazine rings is 1. The second-order valence-corrected chi connectivity index (χ2v) is 4.95. The minimum atomic E-state index is 0.617. The van der Waals surface area contributed by atoms with E-state index in [2.05, 4.69) is 44.3 Å². The normalized spacial score (nSPS) is 25.9. The molecule has 74 valence electrons. The third kappa shape index (κ3) is 1.31. The molecule has 1 unspecified atom stereocenters. The van der Waals surface area contributed by atoms with Crippen LogP contribution in [0.2, 0.25) is 0 Å². The molecule has 1 fully saturated rings. The monoisotopic (exact) mass is 252 g/mol. The summed E-state index contributed by atoms with van der Waals surface area (Å²) in [5.74, 6) is 0. The molecule has 1 aromatic rings. The molecule has 0 bridgehead atoms. The first kappa shape index (κ1) is 8.89. The van der Waals surface area contributed by atoms with E-state index >= 15 is 0 Å². The van der Waals surface area contributed by atoms with Crippen molar-refractivity contribution in [1.29, 1.82) is 0 Å². The first-order valence-electron chi connectivity index (χ1n) is 5.08. The lowest BCUT2D eigenvalue weighted by atomic mass is 10.0. The third-order valence-electron chi connectivity index (χ3n) is 3.19. The molecule has 0 radical (unpaired) electrons. The first-order chi connectivity index (χ1) is 6.84. The second kappa shape index (κ2) is 3.33. The molecule has 2 nitrogen and oxygen atoms in total. The van der Waals surface area contributed by atoms with E-state index in [0.29, 0.717) is 6.04 Å². The Bertz CT molecular complexity index is 364. The maximum Gasteiger partial charge on any atom is 0.0479 e. The summed E-state index contributed by atoms with van der Waals surface area (Å²) in [5, 5.41) is 3.46. The Hall–Kier alpha value is -0.380. The van der Waals surface area contributed by atoms with Crippen LogP contribution in [-0.2, 0) is 6.54 Å². The van der Waals surface area contributed by atoms with Gasteiger partial charge in [0.05, 0.1) is 0 Å². The molecule has 3 rings (SSSR count). The van der Waals surface area contributed by atoms with Gasteiger partial charge >= 0.3 is 0 Å². The molecule has 0 aliphatic carbocycles. The maximum absolute atomic E-state index is 3.53. The van der Waals surface area contributed by atoms with Gasteiger partial charge in [-0.3, -0.25) is 4.90 Å². The van der Waals surface area contributed by atoms with Crippen LogP contribution in [0.3, 0.4) is 0 Å². The Morgan fingerprint density at radius 3 is 3.29 bits per heavy atom. The molecule has 2 aliphatic rings. The van der Waals surface area contributed by atoms with Crippen LogP contribution in [-0.4, -0.2) is 24.5 Å². The predicted octanol–water partition coefficient (Wildman–Crippen LogP) is 1.91. The highest BCUT2D eigenvalue weighted by Crippen LogP contribution is 2.35. The van der Waals surface area contributed by atoms with Gasteiger partial charge < -0.3 is 5.32 Å². The SMILES string of the molecule is Brc1ccc2c(c1)CN1CCNCC21. The zero-order valence-electron chi connectivity index (χ0n) is 7.96. The molecule has 0 saturated carbocycles. The van der Waals surface area contributed by atoms with Gasteiger partial charge in [-0.1, -0.05) is 22.0 Å². The van der Waals surface area contributed by atoms with Crippen molar-refractivity contribution in [2.45, 2.75) is 12.6 Å². The van der Waals surface area contributed by atoms with Crippen molar-refractivity contribution in [3.05, 3.63) is 33.8 Å². The van der Waals surface area contributed by atoms with Crippen molar-refractivity contribution in [3.8, 4) is 0 Å². The summed E-state index contributed by atoms with van der Waals surface area (Å²) in [6.45, 7) is 4.54. The smallest absolute Gasteiger partial charge is 0.0479 e. The molecule has 1 N–H and O–H groups in total. The lowest BCUT2D eigenvalue weighted by Crippen LogP contribution is -2.42. The molecule has 1 aromatic carbocycles. The fraction of sp³-hybridized carbons (Fsp3) is 0.455. The lowest BCUT2D eigenvalue weighted by Gasteiger charge is -2.30. The maximum atomic E-state index is 3.53. The number of hydrogen-bond donors (Lipinski definition) is 1. The van der Waals surface area contributed by atoms with Crippen LogP contribution in [0.25, 0.3) is 0 Å². The van der Waals surface area contributed by atoms with Gasteiger partial charge in [0.25, 0.3) is 0 Å². The summed E-state index contributed by atoms with van der Waals surface area (Å²) in [5.41, 5.74) is 3.01. The molecule has 0 aromatic heterocycles. The van der Waals surface area contributed by atoms with Crippen molar-refractivity contribution >= 4 is 15.9 Å². The number of nitrogens with zero attached hydrogens (tertiary/aromatic N) is 1. The van der Waals surface area contributed by atoms with Crippen LogP contribution in [0.15, 0.2) is 22.7 Å². The van der Waals surface area contributed by atoms with Gasteiger partial charge in [0, 0.05) is 36.7 Å². The summed E-state index contributed by atoms with van der Waals surface area (Å²) in [6.07, 6.45) is 0. The summed E-state index contributed by atoms with van der Waals surface area (Å²) in [7, 11) is 0. The van der Waals surface area contributed by atoms with Gasteiger partial charge in [0.2, 0.25) is 0 Å². The van der Waals surface area contributed by atoms with E-state index in [1.165, 1.54) is 22.1 Å². The Labute approximate surface area is 92.4 Å². The quantitative estimate of drug-likeness (QED) is 0.759. The van der Waals surface area contributed by atoms with Gasteiger partial charge in [0.15, 0.2) is 0 Å². The Balaban J connectivity index is 2.01. The number of hydrogen-bond acceptors (Lipinski definition) is 2. The van der Waals surface area contributed by atoms with Crippen LogP contribution in [0, 0.1) is 0 Å². The van der Waals surface area contributed by atoms with Crippen molar-refractivity contribution in [1.82, 2.24) is 10.2 Å². The van der Waals surface area contributed by atoms with Gasteiger partial charge in [-0.25, -0.2) is 0 Å². The summed E-state index contributed by atoms with van der Waals surface area (Å²) >= 11 is 3.53. The highest BCUT2D eigenvalue weighted by Gasteiger charge is 2.31. The molecule has 1 atom stereocenters. The third-order valence-corrected chi connectivity index (χ3v) is 3.68.